The highest BCUT2D eigenvalue weighted by Crippen LogP contribution is 2.28. The third-order valence-electron chi connectivity index (χ3n) is 5.75. The number of hydrogen-bond donors (Lipinski definition) is 1. The molecule has 25 heavy (non-hydrogen) atoms. The lowest BCUT2D eigenvalue weighted by Crippen LogP contribution is -2.52. The molecule has 5 nitrogen and oxygen atoms in total. The minimum absolute atomic E-state index is 0.0899. The Kier molecular flexibility index (Phi) is 5.46. The molecule has 0 aliphatic carbocycles. The zero-order chi connectivity index (χ0) is 18.0. The van der Waals surface area contributed by atoms with Crippen molar-refractivity contribution >= 4 is 5.91 Å². The number of likely N-dealkylation sites (tertiary alicyclic amines) is 2. The largest absolute Gasteiger partial charge is 0.389 e. The molecular formula is C20H30N2O3. The van der Waals surface area contributed by atoms with E-state index in [1.807, 2.05) is 18.0 Å². The normalized spacial score (nSPS) is 26.8. The van der Waals surface area contributed by atoms with E-state index in [0.717, 1.165) is 13.0 Å². The molecule has 2 heterocycles. The van der Waals surface area contributed by atoms with Crippen LogP contribution in [0.2, 0.25) is 0 Å². The van der Waals surface area contributed by atoms with Crippen molar-refractivity contribution in [3.05, 3.63) is 35.4 Å². The number of amides is 1. The Labute approximate surface area is 150 Å². The number of carbonyl (C=O) groups excluding carboxylic acids is 1. The van der Waals surface area contributed by atoms with E-state index < -0.39 is 5.60 Å². The van der Waals surface area contributed by atoms with E-state index in [-0.39, 0.29) is 18.1 Å². The molecule has 2 saturated heterocycles. The van der Waals surface area contributed by atoms with Gasteiger partial charge in [-0.15, -0.1) is 0 Å². The predicted molar refractivity (Wildman–Crippen MR) is 97.5 cm³/mol. The molecule has 1 amide bonds. The van der Waals surface area contributed by atoms with Gasteiger partial charge in [-0.1, -0.05) is 29.8 Å². The van der Waals surface area contributed by atoms with Gasteiger partial charge in [0.25, 0.3) is 0 Å². The number of nitrogens with zero attached hydrogens (tertiary/aromatic N) is 2. The van der Waals surface area contributed by atoms with Gasteiger partial charge in [0.2, 0.25) is 5.91 Å². The Morgan fingerprint density at radius 2 is 2.08 bits per heavy atom. The summed E-state index contributed by atoms with van der Waals surface area (Å²) in [5, 5.41) is 10.9. The maximum absolute atomic E-state index is 12.8. The Balaban J connectivity index is 1.57. The van der Waals surface area contributed by atoms with Crippen molar-refractivity contribution < 1.29 is 14.6 Å². The van der Waals surface area contributed by atoms with Crippen LogP contribution in [0.3, 0.4) is 0 Å². The number of carbonyl (C=O) groups is 1. The fourth-order valence-corrected chi connectivity index (χ4v) is 4.14. The zero-order valence-electron chi connectivity index (χ0n) is 15.6. The van der Waals surface area contributed by atoms with Gasteiger partial charge in [0.15, 0.2) is 0 Å². The van der Waals surface area contributed by atoms with Crippen LogP contribution in [-0.2, 0) is 16.0 Å². The predicted octanol–water partition coefficient (Wildman–Crippen LogP) is 1.61. The number of aliphatic hydroxyl groups is 1. The average molecular weight is 346 g/mol. The van der Waals surface area contributed by atoms with Crippen LogP contribution in [0.4, 0.5) is 0 Å². The summed E-state index contributed by atoms with van der Waals surface area (Å²) >= 11 is 0. The Hall–Kier alpha value is -1.43. The quantitative estimate of drug-likeness (QED) is 0.900. The van der Waals surface area contributed by atoms with E-state index in [1.165, 1.54) is 11.1 Å². The number of rotatable bonds is 4. The van der Waals surface area contributed by atoms with Gasteiger partial charge < -0.3 is 14.7 Å². The van der Waals surface area contributed by atoms with Gasteiger partial charge in [0, 0.05) is 33.2 Å². The fraction of sp³-hybridized carbons (Fsp3) is 0.650. The average Bonchev–Trinajstić information content (AvgIpc) is 2.95. The Bertz CT molecular complexity index is 611. The number of benzene rings is 1. The van der Waals surface area contributed by atoms with Gasteiger partial charge in [-0.2, -0.15) is 0 Å². The molecule has 138 valence electrons. The molecule has 1 aromatic rings. The summed E-state index contributed by atoms with van der Waals surface area (Å²) in [6.45, 7) is 4.13. The number of piperidine rings is 1. The van der Waals surface area contributed by atoms with Crippen LogP contribution in [0.25, 0.3) is 0 Å². The van der Waals surface area contributed by atoms with Crippen molar-refractivity contribution in [2.75, 3.05) is 33.8 Å². The molecule has 2 fully saturated rings. The minimum atomic E-state index is -0.707. The maximum atomic E-state index is 12.8. The highest BCUT2D eigenvalue weighted by Gasteiger charge is 2.40. The lowest BCUT2D eigenvalue weighted by molar-refractivity contribution is -0.139. The molecule has 0 saturated carbocycles. The molecule has 3 rings (SSSR count). The molecule has 0 unspecified atom stereocenters. The van der Waals surface area contributed by atoms with E-state index in [2.05, 4.69) is 30.0 Å². The third kappa shape index (κ3) is 4.22. The molecule has 1 aromatic carbocycles. The zero-order valence-corrected chi connectivity index (χ0v) is 15.6. The first kappa shape index (κ1) is 18.4. The minimum Gasteiger partial charge on any atom is -0.389 e. The van der Waals surface area contributed by atoms with Crippen molar-refractivity contribution in [1.82, 2.24) is 9.80 Å². The molecule has 0 spiro atoms. The van der Waals surface area contributed by atoms with E-state index in [9.17, 15) is 9.90 Å². The summed E-state index contributed by atoms with van der Waals surface area (Å²) in [7, 11) is 3.69. The monoisotopic (exact) mass is 346 g/mol. The van der Waals surface area contributed by atoms with Crippen molar-refractivity contribution in [3.8, 4) is 0 Å². The second-order valence-corrected chi connectivity index (χ2v) is 7.76. The highest BCUT2D eigenvalue weighted by atomic mass is 16.5. The number of methoxy groups -OCH3 is 1. The summed E-state index contributed by atoms with van der Waals surface area (Å²) in [5.41, 5.74) is 1.67. The second-order valence-electron chi connectivity index (χ2n) is 7.76. The lowest BCUT2D eigenvalue weighted by Gasteiger charge is -2.39. The smallest absolute Gasteiger partial charge is 0.240 e. The van der Waals surface area contributed by atoms with Crippen molar-refractivity contribution in [3.63, 3.8) is 0 Å². The van der Waals surface area contributed by atoms with Gasteiger partial charge in [-0.3, -0.25) is 9.69 Å². The SMILES string of the molecule is CO[C@H]1C[C@@H](C(=O)N2CCC(O)(Cc3cccc(C)c3)CC2)N(C)C1. The summed E-state index contributed by atoms with van der Waals surface area (Å²) in [5.74, 6) is 0.180. The van der Waals surface area contributed by atoms with Gasteiger partial charge in [-0.25, -0.2) is 0 Å². The van der Waals surface area contributed by atoms with Crippen LogP contribution >= 0.6 is 0 Å². The Morgan fingerprint density at radius 3 is 2.68 bits per heavy atom. The first-order valence-corrected chi connectivity index (χ1v) is 9.20. The van der Waals surface area contributed by atoms with E-state index in [4.69, 9.17) is 4.74 Å². The molecule has 2 aliphatic heterocycles. The number of likely N-dealkylation sites (N-methyl/N-ethyl adjacent to an activating group) is 1. The van der Waals surface area contributed by atoms with Crippen molar-refractivity contribution in [1.29, 1.82) is 0 Å². The first-order valence-electron chi connectivity index (χ1n) is 9.20. The van der Waals surface area contributed by atoms with E-state index in [1.54, 1.807) is 7.11 Å². The van der Waals surface area contributed by atoms with Crippen LogP contribution in [0.15, 0.2) is 24.3 Å². The second kappa shape index (κ2) is 7.44. The molecule has 2 aliphatic rings. The Morgan fingerprint density at radius 1 is 1.36 bits per heavy atom. The van der Waals surface area contributed by atoms with Crippen LogP contribution in [0, 0.1) is 6.92 Å². The lowest BCUT2D eigenvalue weighted by atomic mass is 9.85. The first-order chi connectivity index (χ1) is 11.9. The standard InChI is InChI=1S/C20H30N2O3/c1-15-5-4-6-16(11-15)13-20(24)7-9-22(10-8-20)19(23)18-12-17(25-3)14-21(18)2/h4-6,11,17-18,24H,7-10,12-14H2,1-3H3/t17-,18-/m0/s1. The van der Waals surface area contributed by atoms with E-state index in [0.29, 0.717) is 32.4 Å². The van der Waals surface area contributed by atoms with E-state index >= 15 is 0 Å². The number of hydrogen-bond acceptors (Lipinski definition) is 4. The van der Waals surface area contributed by atoms with Crippen LogP contribution in [0.1, 0.15) is 30.4 Å². The molecule has 0 bridgehead atoms. The van der Waals surface area contributed by atoms with Crippen LogP contribution in [-0.4, -0.2) is 72.4 Å². The van der Waals surface area contributed by atoms with Crippen molar-refractivity contribution in [2.45, 2.75) is 50.4 Å². The molecule has 5 heteroatoms. The van der Waals surface area contributed by atoms with Gasteiger partial charge in [-0.05, 0) is 38.8 Å². The molecule has 0 aromatic heterocycles. The molecular weight excluding hydrogens is 316 g/mol. The molecule has 0 radical (unpaired) electrons. The number of aryl methyl sites for hydroxylation is 1. The topological polar surface area (TPSA) is 53.0 Å². The van der Waals surface area contributed by atoms with Gasteiger partial charge >= 0.3 is 0 Å². The summed E-state index contributed by atoms with van der Waals surface area (Å²) in [6.07, 6.45) is 2.83. The summed E-state index contributed by atoms with van der Waals surface area (Å²) in [4.78, 5) is 16.8. The highest BCUT2D eigenvalue weighted by molar-refractivity contribution is 5.82. The maximum Gasteiger partial charge on any atom is 0.240 e. The van der Waals surface area contributed by atoms with Gasteiger partial charge in [0.05, 0.1) is 17.7 Å². The molecule has 1 N–H and O–H groups in total. The third-order valence-corrected chi connectivity index (χ3v) is 5.75. The molecule has 2 atom stereocenters. The number of ether oxygens (including phenoxy) is 1. The van der Waals surface area contributed by atoms with Crippen molar-refractivity contribution in [2.24, 2.45) is 0 Å². The fourth-order valence-electron chi connectivity index (χ4n) is 4.14. The van der Waals surface area contributed by atoms with Crippen LogP contribution < -0.4 is 0 Å². The summed E-state index contributed by atoms with van der Waals surface area (Å²) in [6, 6.07) is 8.22. The summed E-state index contributed by atoms with van der Waals surface area (Å²) < 4.78 is 5.41. The van der Waals surface area contributed by atoms with Gasteiger partial charge in [0.1, 0.15) is 0 Å². The van der Waals surface area contributed by atoms with Crippen LogP contribution in [0.5, 0.6) is 0 Å².